The van der Waals surface area contributed by atoms with Crippen molar-refractivity contribution in [1.82, 2.24) is 10.4 Å². The number of halogens is 2. The summed E-state index contributed by atoms with van der Waals surface area (Å²) in [4.78, 5) is 0. The predicted octanol–water partition coefficient (Wildman–Crippen LogP) is 2.98. The van der Waals surface area contributed by atoms with Gasteiger partial charge < -0.3 is 5.73 Å². The second kappa shape index (κ2) is 6.73. The maximum Gasteiger partial charge on any atom is 0.0588 e. The molecule has 100 valence electrons. The van der Waals surface area contributed by atoms with Crippen LogP contribution in [0.3, 0.4) is 0 Å². The van der Waals surface area contributed by atoms with Crippen LogP contribution in [-0.4, -0.2) is 24.6 Å². The molecule has 18 heavy (non-hydrogen) atoms. The molecule has 0 radical (unpaired) electrons. The van der Waals surface area contributed by atoms with Crippen molar-refractivity contribution in [2.75, 3.05) is 19.6 Å². The summed E-state index contributed by atoms with van der Waals surface area (Å²) in [5.74, 6) is 0. The van der Waals surface area contributed by atoms with Crippen LogP contribution < -0.4 is 11.2 Å². The number of hydrogen-bond acceptors (Lipinski definition) is 3. The summed E-state index contributed by atoms with van der Waals surface area (Å²) in [6.45, 7) is 2.67. The molecule has 2 rings (SSSR count). The van der Waals surface area contributed by atoms with Gasteiger partial charge in [0.15, 0.2) is 0 Å². The van der Waals surface area contributed by atoms with E-state index in [4.69, 9.17) is 28.9 Å². The SMILES string of the molecule is NCC(NN1CCCCC1)c1cc(Cl)cc(Cl)c1. The van der Waals surface area contributed by atoms with Crippen LogP contribution in [0.1, 0.15) is 30.9 Å². The standard InChI is InChI=1S/C13H19Cl2N3/c14-11-6-10(7-12(15)8-11)13(9-16)17-18-4-2-1-3-5-18/h6-8,13,17H,1-5,9,16H2. The number of nitrogens with zero attached hydrogens (tertiary/aromatic N) is 1. The van der Waals surface area contributed by atoms with E-state index < -0.39 is 0 Å². The van der Waals surface area contributed by atoms with E-state index in [0.717, 1.165) is 18.7 Å². The number of nitrogens with two attached hydrogens (primary N) is 1. The molecule has 3 N–H and O–H groups in total. The Morgan fingerprint density at radius 1 is 1.11 bits per heavy atom. The molecule has 1 heterocycles. The number of piperidine rings is 1. The molecule has 0 bridgehead atoms. The largest absolute Gasteiger partial charge is 0.329 e. The molecule has 0 aliphatic carbocycles. The lowest BCUT2D eigenvalue weighted by atomic mass is 10.1. The normalized spacial score (nSPS) is 18.8. The lowest BCUT2D eigenvalue weighted by molar-refractivity contribution is 0.130. The summed E-state index contributed by atoms with van der Waals surface area (Å²) in [6.07, 6.45) is 3.79. The number of nitrogens with one attached hydrogen (secondary N) is 1. The van der Waals surface area contributed by atoms with Crippen LogP contribution >= 0.6 is 23.2 Å². The monoisotopic (exact) mass is 287 g/mol. The van der Waals surface area contributed by atoms with Crippen molar-refractivity contribution in [3.8, 4) is 0 Å². The molecule has 1 aliphatic heterocycles. The number of benzene rings is 1. The zero-order chi connectivity index (χ0) is 13.0. The Morgan fingerprint density at radius 3 is 2.28 bits per heavy atom. The Labute approximate surface area is 118 Å². The van der Waals surface area contributed by atoms with E-state index in [1.54, 1.807) is 6.07 Å². The minimum Gasteiger partial charge on any atom is -0.329 e. The van der Waals surface area contributed by atoms with Crippen LogP contribution in [0.15, 0.2) is 18.2 Å². The minimum absolute atomic E-state index is 0.0688. The van der Waals surface area contributed by atoms with E-state index >= 15 is 0 Å². The molecular weight excluding hydrogens is 269 g/mol. The fourth-order valence-electron chi connectivity index (χ4n) is 2.28. The molecule has 5 heteroatoms. The molecule has 1 saturated heterocycles. The highest BCUT2D eigenvalue weighted by molar-refractivity contribution is 6.34. The van der Waals surface area contributed by atoms with Crippen molar-refractivity contribution in [3.63, 3.8) is 0 Å². The van der Waals surface area contributed by atoms with Crippen molar-refractivity contribution in [1.29, 1.82) is 0 Å². The van der Waals surface area contributed by atoms with Gasteiger partial charge in [-0.05, 0) is 36.6 Å². The van der Waals surface area contributed by atoms with Gasteiger partial charge in [0.1, 0.15) is 0 Å². The van der Waals surface area contributed by atoms with Crippen molar-refractivity contribution in [2.45, 2.75) is 25.3 Å². The van der Waals surface area contributed by atoms with Crippen LogP contribution in [-0.2, 0) is 0 Å². The van der Waals surface area contributed by atoms with Gasteiger partial charge in [0, 0.05) is 29.7 Å². The van der Waals surface area contributed by atoms with Crippen molar-refractivity contribution in [3.05, 3.63) is 33.8 Å². The summed E-state index contributed by atoms with van der Waals surface area (Å²) < 4.78 is 0. The van der Waals surface area contributed by atoms with E-state index in [1.165, 1.54) is 19.3 Å². The minimum atomic E-state index is 0.0688. The maximum absolute atomic E-state index is 6.03. The molecule has 1 aromatic carbocycles. The highest BCUT2D eigenvalue weighted by Crippen LogP contribution is 2.23. The zero-order valence-corrected chi connectivity index (χ0v) is 11.8. The third-order valence-corrected chi connectivity index (χ3v) is 3.65. The Balaban J connectivity index is 2.06. The maximum atomic E-state index is 6.03. The zero-order valence-electron chi connectivity index (χ0n) is 10.3. The molecule has 1 unspecified atom stereocenters. The molecule has 3 nitrogen and oxygen atoms in total. The van der Waals surface area contributed by atoms with Gasteiger partial charge in [-0.15, -0.1) is 0 Å². The van der Waals surface area contributed by atoms with E-state index in [1.807, 2.05) is 12.1 Å². The van der Waals surface area contributed by atoms with E-state index in [-0.39, 0.29) is 6.04 Å². The Morgan fingerprint density at radius 2 is 1.72 bits per heavy atom. The third kappa shape index (κ3) is 3.84. The first kappa shape index (κ1) is 14.1. The second-order valence-corrected chi connectivity index (χ2v) is 5.54. The van der Waals surface area contributed by atoms with Crippen LogP contribution in [0.4, 0.5) is 0 Å². The molecule has 0 saturated carbocycles. The van der Waals surface area contributed by atoms with Crippen LogP contribution in [0, 0.1) is 0 Å². The van der Waals surface area contributed by atoms with Crippen molar-refractivity contribution >= 4 is 23.2 Å². The average Bonchev–Trinajstić information content (AvgIpc) is 2.36. The Bertz CT molecular complexity index is 372. The first-order valence-electron chi connectivity index (χ1n) is 6.36. The van der Waals surface area contributed by atoms with Gasteiger partial charge in [-0.25, -0.2) is 10.4 Å². The van der Waals surface area contributed by atoms with Crippen LogP contribution in [0.25, 0.3) is 0 Å². The molecule has 0 aromatic heterocycles. The quantitative estimate of drug-likeness (QED) is 0.895. The summed E-state index contributed by atoms with van der Waals surface area (Å²) in [7, 11) is 0. The van der Waals surface area contributed by atoms with E-state index in [2.05, 4.69) is 10.4 Å². The first-order chi connectivity index (χ1) is 8.69. The fourth-order valence-corrected chi connectivity index (χ4v) is 2.83. The van der Waals surface area contributed by atoms with Gasteiger partial charge in [-0.1, -0.05) is 29.6 Å². The van der Waals surface area contributed by atoms with E-state index in [0.29, 0.717) is 16.6 Å². The van der Waals surface area contributed by atoms with E-state index in [9.17, 15) is 0 Å². The summed E-state index contributed by atoms with van der Waals surface area (Å²) in [5.41, 5.74) is 10.4. The molecule has 1 atom stereocenters. The molecule has 1 fully saturated rings. The third-order valence-electron chi connectivity index (χ3n) is 3.22. The number of hydrazine groups is 1. The van der Waals surface area contributed by atoms with Gasteiger partial charge >= 0.3 is 0 Å². The van der Waals surface area contributed by atoms with Gasteiger partial charge in [0.2, 0.25) is 0 Å². The Kier molecular flexibility index (Phi) is 5.27. The summed E-state index contributed by atoms with van der Waals surface area (Å²) >= 11 is 12.1. The highest BCUT2D eigenvalue weighted by atomic mass is 35.5. The van der Waals surface area contributed by atoms with Crippen LogP contribution in [0.2, 0.25) is 10.0 Å². The molecule has 1 aliphatic rings. The summed E-state index contributed by atoms with van der Waals surface area (Å²) in [5, 5.41) is 3.54. The number of rotatable bonds is 4. The molecule has 0 spiro atoms. The smallest absolute Gasteiger partial charge is 0.0588 e. The highest BCUT2D eigenvalue weighted by Gasteiger charge is 2.16. The summed E-state index contributed by atoms with van der Waals surface area (Å²) in [6, 6.07) is 5.64. The average molecular weight is 288 g/mol. The number of hydrogen-bond donors (Lipinski definition) is 2. The molecule has 0 amide bonds. The lowest BCUT2D eigenvalue weighted by Gasteiger charge is -2.31. The van der Waals surface area contributed by atoms with Gasteiger partial charge in [0.25, 0.3) is 0 Å². The lowest BCUT2D eigenvalue weighted by Crippen LogP contribution is -2.45. The fraction of sp³-hybridized carbons (Fsp3) is 0.538. The van der Waals surface area contributed by atoms with Crippen LogP contribution in [0.5, 0.6) is 0 Å². The van der Waals surface area contributed by atoms with Gasteiger partial charge in [0.05, 0.1) is 6.04 Å². The molecular formula is C13H19Cl2N3. The second-order valence-electron chi connectivity index (χ2n) is 4.67. The topological polar surface area (TPSA) is 41.3 Å². The molecule has 1 aromatic rings. The predicted molar refractivity (Wildman–Crippen MR) is 76.8 cm³/mol. The van der Waals surface area contributed by atoms with Gasteiger partial charge in [-0.2, -0.15) is 0 Å². The first-order valence-corrected chi connectivity index (χ1v) is 7.12. The van der Waals surface area contributed by atoms with Gasteiger partial charge in [-0.3, -0.25) is 0 Å². The van der Waals surface area contributed by atoms with Crippen molar-refractivity contribution in [2.24, 2.45) is 5.73 Å². The Hall–Kier alpha value is -0.320. The van der Waals surface area contributed by atoms with Crippen molar-refractivity contribution < 1.29 is 0 Å².